The first-order valence-corrected chi connectivity index (χ1v) is 15.8. The second-order valence-electron chi connectivity index (χ2n) is 8.57. The number of thioether (sulfide) groups is 1. The molecular weight excluding hydrogens is 607 g/mol. The average molecular weight is 639 g/mol. The molecule has 15 heteroatoms. The van der Waals surface area contributed by atoms with Crippen LogP contribution in [0.2, 0.25) is 10.0 Å². The number of nitrogens with one attached hydrogen (secondary N) is 1. The van der Waals surface area contributed by atoms with Crippen LogP contribution in [-0.4, -0.2) is 52.2 Å². The lowest BCUT2D eigenvalue weighted by molar-refractivity contribution is 0.0640. The van der Waals surface area contributed by atoms with Gasteiger partial charge < -0.3 is 4.90 Å². The zero-order valence-electron chi connectivity index (χ0n) is 22.4. The highest BCUT2D eigenvalue weighted by molar-refractivity contribution is 8.12. The number of amides is 1. The third-order valence-electron chi connectivity index (χ3n) is 5.19. The van der Waals surface area contributed by atoms with Crippen LogP contribution in [0, 0.1) is 6.92 Å². The largest absolute Gasteiger partial charge is 0.355 e. The van der Waals surface area contributed by atoms with Crippen LogP contribution in [0.1, 0.15) is 44.6 Å². The summed E-state index contributed by atoms with van der Waals surface area (Å²) < 4.78 is 51.3. The van der Waals surface area contributed by atoms with Gasteiger partial charge >= 0.3 is 12.2 Å². The van der Waals surface area contributed by atoms with E-state index in [4.69, 9.17) is 23.2 Å². The maximum absolute atomic E-state index is 12.8. The summed E-state index contributed by atoms with van der Waals surface area (Å²) in [6.07, 6.45) is 2.95. The van der Waals surface area contributed by atoms with E-state index in [-0.39, 0.29) is 37.1 Å². The molecule has 0 radical (unpaired) electrons. The molecule has 0 unspecified atom stereocenters. The number of anilines is 1. The van der Waals surface area contributed by atoms with E-state index in [2.05, 4.69) is 35.8 Å². The molecule has 3 aromatic rings. The molecule has 0 atom stereocenters. The summed E-state index contributed by atoms with van der Waals surface area (Å²) in [5.41, 5.74) is -0.0646. The molecule has 0 aliphatic rings. The quantitative estimate of drug-likeness (QED) is 0.269. The van der Waals surface area contributed by atoms with Gasteiger partial charge in [-0.05, 0) is 37.5 Å². The SMILES string of the molecule is CCCN(CCC)C(=O)SCc1ccccc1.Cc1nn(-c2cc(NS(C)(=O)=O)c(Cl)cc2Cl)c(=O)n1C(F)F. The Morgan fingerprint density at radius 3 is 2.20 bits per heavy atom. The van der Waals surface area contributed by atoms with Gasteiger partial charge in [-0.1, -0.05) is 79.1 Å². The third-order valence-corrected chi connectivity index (χ3v) is 7.38. The molecule has 0 aliphatic carbocycles. The van der Waals surface area contributed by atoms with E-state index < -0.39 is 22.3 Å². The molecule has 220 valence electrons. The minimum Gasteiger partial charge on any atom is -0.334 e. The van der Waals surface area contributed by atoms with Crippen LogP contribution in [0.15, 0.2) is 47.3 Å². The summed E-state index contributed by atoms with van der Waals surface area (Å²) in [6.45, 7) is 4.11. The fourth-order valence-electron chi connectivity index (χ4n) is 3.48. The van der Waals surface area contributed by atoms with Crippen molar-refractivity contribution in [1.82, 2.24) is 19.2 Å². The monoisotopic (exact) mass is 637 g/mol. The minimum atomic E-state index is -3.65. The van der Waals surface area contributed by atoms with Crippen LogP contribution in [0.25, 0.3) is 5.69 Å². The van der Waals surface area contributed by atoms with Gasteiger partial charge in [-0.15, -0.1) is 5.10 Å². The van der Waals surface area contributed by atoms with Crippen LogP contribution >= 0.6 is 35.0 Å². The molecule has 0 spiro atoms. The molecule has 0 bridgehead atoms. The van der Waals surface area contributed by atoms with Crippen molar-refractivity contribution in [3.05, 3.63) is 74.4 Å². The van der Waals surface area contributed by atoms with E-state index in [9.17, 15) is 26.8 Å². The van der Waals surface area contributed by atoms with E-state index in [0.717, 1.165) is 44.0 Å². The summed E-state index contributed by atoms with van der Waals surface area (Å²) in [5, 5.41) is 3.83. The number of carbonyl (C=O) groups is 1. The zero-order chi connectivity index (χ0) is 30.0. The Morgan fingerprint density at radius 2 is 1.70 bits per heavy atom. The predicted octanol–water partition coefficient (Wildman–Crippen LogP) is 6.58. The van der Waals surface area contributed by atoms with Crippen molar-refractivity contribution in [2.75, 3.05) is 24.1 Å². The van der Waals surface area contributed by atoms with Gasteiger partial charge in [0.05, 0.1) is 27.7 Å². The standard InChI is InChI=1S/C14H21NOS.C11H10Cl2F2N4O3S/c1-3-10-15(11-4-2)14(16)17-12-13-8-6-5-7-9-13;1-5-16-19(11(20)18(5)10(14)15)9-4-8(17-23(2,21)22)6(12)3-7(9)13/h5-9H,3-4,10-12H2,1-2H3;3-4,10,17H,1-2H3. The molecule has 0 saturated carbocycles. The van der Waals surface area contributed by atoms with Crippen LogP contribution in [0.3, 0.4) is 0 Å². The normalized spacial score (nSPS) is 11.2. The highest BCUT2D eigenvalue weighted by atomic mass is 35.5. The van der Waals surface area contributed by atoms with E-state index >= 15 is 0 Å². The van der Waals surface area contributed by atoms with Crippen LogP contribution in [0.4, 0.5) is 19.3 Å². The van der Waals surface area contributed by atoms with Crippen LogP contribution in [-0.2, 0) is 15.8 Å². The van der Waals surface area contributed by atoms with Crippen molar-refractivity contribution in [2.24, 2.45) is 0 Å². The molecule has 0 saturated heterocycles. The Hall–Kier alpha value is -2.61. The van der Waals surface area contributed by atoms with Crippen LogP contribution in [0.5, 0.6) is 0 Å². The van der Waals surface area contributed by atoms with E-state index in [1.165, 1.54) is 30.3 Å². The molecule has 40 heavy (non-hydrogen) atoms. The molecule has 0 aliphatic heterocycles. The average Bonchev–Trinajstić information content (AvgIpc) is 3.18. The Morgan fingerprint density at radius 1 is 1.10 bits per heavy atom. The number of halogens is 4. The molecule has 1 aromatic heterocycles. The number of alkyl halides is 2. The Kier molecular flexibility index (Phi) is 12.9. The topological polar surface area (TPSA) is 106 Å². The van der Waals surface area contributed by atoms with Crippen molar-refractivity contribution in [2.45, 2.75) is 45.9 Å². The molecule has 9 nitrogen and oxygen atoms in total. The van der Waals surface area contributed by atoms with Gasteiger partial charge in [0, 0.05) is 18.8 Å². The number of hydrogen-bond donors (Lipinski definition) is 1. The van der Waals surface area contributed by atoms with Crippen molar-refractivity contribution in [3.8, 4) is 5.69 Å². The molecule has 1 amide bonds. The van der Waals surface area contributed by atoms with Gasteiger partial charge in [0.2, 0.25) is 10.0 Å². The van der Waals surface area contributed by atoms with Crippen molar-refractivity contribution >= 4 is 55.9 Å². The minimum absolute atomic E-state index is 0.0257. The maximum atomic E-state index is 12.8. The number of sulfonamides is 1. The smallest absolute Gasteiger partial charge is 0.334 e. The highest BCUT2D eigenvalue weighted by Crippen LogP contribution is 2.31. The fraction of sp³-hybridized carbons (Fsp3) is 0.400. The number of nitrogens with zero attached hydrogens (tertiary/aromatic N) is 4. The summed E-state index contributed by atoms with van der Waals surface area (Å²) in [5.74, 6) is 0.539. The number of rotatable bonds is 10. The molecule has 2 aromatic carbocycles. The second kappa shape index (κ2) is 15.4. The molecule has 3 rings (SSSR count). The van der Waals surface area contributed by atoms with Crippen molar-refractivity contribution in [3.63, 3.8) is 0 Å². The number of hydrogen-bond acceptors (Lipinski definition) is 6. The number of aryl methyl sites for hydroxylation is 1. The van der Waals surface area contributed by atoms with Gasteiger partial charge in [-0.2, -0.15) is 13.5 Å². The lowest BCUT2D eigenvalue weighted by atomic mass is 10.2. The lowest BCUT2D eigenvalue weighted by Crippen LogP contribution is -2.29. The number of benzene rings is 2. The summed E-state index contributed by atoms with van der Waals surface area (Å²) in [4.78, 5) is 26.0. The highest BCUT2D eigenvalue weighted by Gasteiger charge is 2.21. The van der Waals surface area contributed by atoms with Gasteiger partial charge in [0.1, 0.15) is 5.82 Å². The van der Waals surface area contributed by atoms with Gasteiger partial charge in [0.15, 0.2) is 0 Å². The zero-order valence-corrected chi connectivity index (χ0v) is 25.5. The summed E-state index contributed by atoms with van der Waals surface area (Å²) >= 11 is 13.2. The fourth-order valence-corrected chi connectivity index (χ4v) is 5.46. The third kappa shape index (κ3) is 9.79. The Bertz CT molecular complexity index is 1450. The van der Waals surface area contributed by atoms with Gasteiger partial charge in [-0.3, -0.25) is 9.52 Å². The van der Waals surface area contributed by atoms with E-state index in [0.29, 0.717) is 4.68 Å². The van der Waals surface area contributed by atoms with E-state index in [1.807, 2.05) is 23.1 Å². The van der Waals surface area contributed by atoms with E-state index in [1.54, 1.807) is 0 Å². The lowest BCUT2D eigenvalue weighted by Gasteiger charge is -2.20. The molecular formula is C25H31Cl2F2N5O4S2. The molecule has 1 heterocycles. The maximum Gasteiger partial charge on any atom is 0.355 e. The molecule has 0 fully saturated rings. The first kappa shape index (κ1) is 33.6. The predicted molar refractivity (Wildman–Crippen MR) is 158 cm³/mol. The van der Waals surface area contributed by atoms with Gasteiger partial charge in [-0.25, -0.2) is 17.8 Å². The Balaban J connectivity index is 0.000000294. The van der Waals surface area contributed by atoms with Crippen molar-refractivity contribution < 1.29 is 22.0 Å². The second-order valence-corrected chi connectivity index (χ2v) is 12.1. The first-order chi connectivity index (χ1) is 18.8. The summed E-state index contributed by atoms with van der Waals surface area (Å²) in [6, 6.07) is 12.4. The van der Waals surface area contributed by atoms with Crippen molar-refractivity contribution in [1.29, 1.82) is 0 Å². The molecule has 1 N–H and O–H groups in total. The summed E-state index contributed by atoms with van der Waals surface area (Å²) in [7, 11) is -3.65. The van der Waals surface area contributed by atoms with Gasteiger partial charge in [0.25, 0.3) is 5.24 Å². The number of aromatic nitrogens is 3. The van der Waals surface area contributed by atoms with Crippen LogP contribution < -0.4 is 10.4 Å². The number of carbonyl (C=O) groups excluding carboxylic acids is 1. The Labute approximate surface area is 246 Å². The first-order valence-electron chi connectivity index (χ1n) is 12.2.